The molecule has 0 radical (unpaired) electrons. The number of ketones is 1. The number of nitrogens with one attached hydrogen (secondary N) is 1. The van der Waals surface area contributed by atoms with E-state index >= 15 is 0 Å². The van der Waals surface area contributed by atoms with Crippen molar-refractivity contribution in [3.63, 3.8) is 0 Å². The average Bonchev–Trinajstić information content (AvgIpc) is 2.81. The van der Waals surface area contributed by atoms with Crippen molar-refractivity contribution in [3.05, 3.63) is 101 Å². The van der Waals surface area contributed by atoms with Crippen LogP contribution in [0.2, 0.25) is 0 Å². The minimum atomic E-state index is -0.263. The van der Waals surface area contributed by atoms with E-state index in [1.807, 2.05) is 54.6 Å². The van der Waals surface area contributed by atoms with Crippen LogP contribution in [0.1, 0.15) is 64.3 Å². The van der Waals surface area contributed by atoms with E-state index in [1.165, 1.54) is 24.0 Å². The molecule has 3 aromatic rings. The number of benzene rings is 2. The van der Waals surface area contributed by atoms with Gasteiger partial charge in [-0.2, -0.15) is 0 Å². The van der Waals surface area contributed by atoms with Crippen molar-refractivity contribution in [1.29, 1.82) is 0 Å². The summed E-state index contributed by atoms with van der Waals surface area (Å²) in [4.78, 5) is 29.4. The second-order valence-electron chi connectivity index (χ2n) is 7.81. The zero-order valence-corrected chi connectivity index (χ0v) is 17.0. The number of hydrogen-bond acceptors (Lipinski definition) is 3. The van der Waals surface area contributed by atoms with Crippen molar-refractivity contribution in [2.24, 2.45) is 0 Å². The van der Waals surface area contributed by atoms with Gasteiger partial charge in [0.05, 0.1) is 6.04 Å². The fourth-order valence-electron chi connectivity index (χ4n) is 4.07. The predicted octanol–water partition coefficient (Wildman–Crippen LogP) is 4.83. The average molecular weight is 399 g/mol. The lowest BCUT2D eigenvalue weighted by Gasteiger charge is -2.20. The molecule has 30 heavy (non-hydrogen) atoms. The Hall–Kier alpha value is -3.27. The van der Waals surface area contributed by atoms with Gasteiger partial charge in [0, 0.05) is 30.8 Å². The van der Waals surface area contributed by atoms with Gasteiger partial charge >= 0.3 is 0 Å². The zero-order chi connectivity index (χ0) is 20.8. The van der Waals surface area contributed by atoms with Crippen LogP contribution in [-0.4, -0.2) is 16.7 Å². The Labute approximate surface area is 177 Å². The normalized spacial score (nSPS) is 13.9. The van der Waals surface area contributed by atoms with Crippen LogP contribution in [0.3, 0.4) is 0 Å². The second-order valence-corrected chi connectivity index (χ2v) is 7.81. The van der Waals surface area contributed by atoms with Crippen molar-refractivity contribution in [1.82, 2.24) is 10.3 Å². The Bertz CT molecular complexity index is 976. The highest BCUT2D eigenvalue weighted by molar-refractivity contribution is 5.98. The molecule has 0 saturated carbocycles. The lowest BCUT2D eigenvalue weighted by molar-refractivity contribution is -0.121. The third-order valence-corrected chi connectivity index (χ3v) is 5.73. The molecule has 152 valence electrons. The molecule has 1 aromatic heterocycles. The molecule has 4 rings (SSSR count). The Morgan fingerprint density at radius 1 is 0.833 bits per heavy atom. The zero-order valence-electron chi connectivity index (χ0n) is 17.0. The van der Waals surface area contributed by atoms with E-state index in [9.17, 15) is 9.59 Å². The summed E-state index contributed by atoms with van der Waals surface area (Å²) in [5.41, 5.74) is 5.33. The van der Waals surface area contributed by atoms with E-state index in [-0.39, 0.29) is 30.6 Å². The molecule has 1 unspecified atom stereocenters. The van der Waals surface area contributed by atoms with Crippen LogP contribution in [0.15, 0.2) is 73.1 Å². The van der Waals surface area contributed by atoms with Crippen molar-refractivity contribution in [3.8, 4) is 0 Å². The molecule has 1 atom stereocenters. The Morgan fingerprint density at radius 2 is 1.53 bits per heavy atom. The first-order chi connectivity index (χ1) is 14.7. The third-order valence-electron chi connectivity index (χ3n) is 5.73. The van der Waals surface area contributed by atoms with E-state index in [0.29, 0.717) is 0 Å². The quantitative estimate of drug-likeness (QED) is 0.580. The van der Waals surface area contributed by atoms with Gasteiger partial charge < -0.3 is 5.32 Å². The molecule has 0 bridgehead atoms. The van der Waals surface area contributed by atoms with Gasteiger partial charge in [-0.15, -0.1) is 0 Å². The van der Waals surface area contributed by atoms with Crippen LogP contribution >= 0.6 is 0 Å². The number of rotatable bonds is 7. The SMILES string of the molecule is O=C(CCC(=O)c1ccc2c(c1)CCCC2)NC(c1ccccc1)c1ccncc1. The smallest absolute Gasteiger partial charge is 0.221 e. The number of carbonyl (C=O) groups is 2. The van der Waals surface area contributed by atoms with E-state index in [2.05, 4.69) is 16.4 Å². The van der Waals surface area contributed by atoms with Crippen molar-refractivity contribution in [2.45, 2.75) is 44.6 Å². The maximum Gasteiger partial charge on any atom is 0.221 e. The lowest BCUT2D eigenvalue weighted by Crippen LogP contribution is -2.29. The Balaban J connectivity index is 1.41. The van der Waals surface area contributed by atoms with Gasteiger partial charge in [-0.1, -0.05) is 42.5 Å². The van der Waals surface area contributed by atoms with Crippen molar-refractivity contribution < 1.29 is 9.59 Å². The van der Waals surface area contributed by atoms with Crippen LogP contribution in [0.4, 0.5) is 0 Å². The summed E-state index contributed by atoms with van der Waals surface area (Å²) in [6, 6.07) is 19.4. The van der Waals surface area contributed by atoms with E-state index in [0.717, 1.165) is 29.5 Å². The first-order valence-electron chi connectivity index (χ1n) is 10.6. The summed E-state index contributed by atoms with van der Waals surface area (Å²) in [6.45, 7) is 0. The number of pyridine rings is 1. The summed E-state index contributed by atoms with van der Waals surface area (Å²) < 4.78 is 0. The highest BCUT2D eigenvalue weighted by Crippen LogP contribution is 2.24. The fraction of sp³-hybridized carbons (Fsp3) is 0.269. The number of aromatic nitrogens is 1. The van der Waals surface area contributed by atoms with Gasteiger partial charge in [0.2, 0.25) is 5.91 Å². The standard InChI is InChI=1S/C26H26N2O2/c29-24(23-11-10-19-6-4-5-9-22(19)18-23)12-13-25(30)28-26(20-7-2-1-3-8-20)21-14-16-27-17-15-21/h1-3,7-8,10-11,14-18,26H,4-6,9,12-13H2,(H,28,30). The van der Waals surface area contributed by atoms with Crippen molar-refractivity contribution >= 4 is 11.7 Å². The molecular formula is C26H26N2O2. The molecule has 1 amide bonds. The molecule has 0 spiro atoms. The van der Waals surface area contributed by atoms with E-state index < -0.39 is 0 Å². The van der Waals surface area contributed by atoms with Gasteiger partial charge in [-0.3, -0.25) is 14.6 Å². The summed E-state index contributed by atoms with van der Waals surface area (Å²) >= 11 is 0. The number of aryl methyl sites for hydroxylation is 2. The molecule has 4 heteroatoms. The van der Waals surface area contributed by atoms with E-state index in [1.54, 1.807) is 12.4 Å². The Kier molecular flexibility index (Phi) is 6.33. The monoisotopic (exact) mass is 398 g/mol. The maximum absolute atomic E-state index is 12.7. The maximum atomic E-state index is 12.7. The molecular weight excluding hydrogens is 372 g/mol. The molecule has 1 heterocycles. The molecule has 4 nitrogen and oxygen atoms in total. The fourth-order valence-corrected chi connectivity index (χ4v) is 4.07. The summed E-state index contributed by atoms with van der Waals surface area (Å²) in [5, 5.41) is 3.09. The molecule has 1 aliphatic carbocycles. The van der Waals surface area contributed by atoms with Gasteiger partial charge in [-0.25, -0.2) is 0 Å². The first kappa shape index (κ1) is 20.0. The number of fused-ring (bicyclic) bond motifs is 1. The summed E-state index contributed by atoms with van der Waals surface area (Å²) in [5.74, 6) is -0.106. The van der Waals surface area contributed by atoms with Gasteiger partial charge in [0.1, 0.15) is 0 Å². The van der Waals surface area contributed by atoms with Crippen molar-refractivity contribution in [2.75, 3.05) is 0 Å². The largest absolute Gasteiger partial charge is 0.345 e. The number of Topliss-reactive ketones (excluding diaryl/α,β-unsaturated/α-hetero) is 1. The molecule has 1 N–H and O–H groups in total. The van der Waals surface area contributed by atoms with Crippen LogP contribution in [0.5, 0.6) is 0 Å². The van der Waals surface area contributed by atoms with Crippen LogP contribution in [0.25, 0.3) is 0 Å². The molecule has 0 aliphatic heterocycles. The number of nitrogens with zero attached hydrogens (tertiary/aromatic N) is 1. The lowest BCUT2D eigenvalue weighted by atomic mass is 9.89. The summed E-state index contributed by atoms with van der Waals surface area (Å²) in [7, 11) is 0. The number of carbonyl (C=O) groups excluding carboxylic acids is 2. The topological polar surface area (TPSA) is 59.1 Å². The molecule has 0 fully saturated rings. The Morgan fingerprint density at radius 3 is 2.30 bits per heavy atom. The number of amides is 1. The van der Waals surface area contributed by atoms with Crippen LogP contribution in [0, 0.1) is 0 Å². The second kappa shape index (κ2) is 9.49. The van der Waals surface area contributed by atoms with Crippen LogP contribution < -0.4 is 5.32 Å². The third kappa shape index (κ3) is 4.82. The first-order valence-corrected chi connectivity index (χ1v) is 10.6. The molecule has 2 aromatic carbocycles. The highest BCUT2D eigenvalue weighted by Gasteiger charge is 2.18. The minimum Gasteiger partial charge on any atom is -0.345 e. The molecule has 0 saturated heterocycles. The van der Waals surface area contributed by atoms with Gasteiger partial charge in [0.15, 0.2) is 5.78 Å². The summed E-state index contributed by atoms with van der Waals surface area (Å²) in [6.07, 6.45) is 8.37. The van der Waals surface area contributed by atoms with E-state index in [4.69, 9.17) is 0 Å². The predicted molar refractivity (Wildman–Crippen MR) is 117 cm³/mol. The molecule has 1 aliphatic rings. The minimum absolute atomic E-state index is 0.0266. The van der Waals surface area contributed by atoms with Gasteiger partial charge in [0.25, 0.3) is 0 Å². The highest BCUT2D eigenvalue weighted by atomic mass is 16.2. The number of hydrogen-bond donors (Lipinski definition) is 1. The van der Waals surface area contributed by atoms with Gasteiger partial charge in [-0.05, 0) is 66.1 Å². The van der Waals surface area contributed by atoms with Crippen LogP contribution in [-0.2, 0) is 17.6 Å².